The highest BCUT2D eigenvalue weighted by molar-refractivity contribution is 5.83. The molecule has 0 saturated heterocycles. The second-order valence-corrected chi connectivity index (χ2v) is 5.64. The SMILES string of the molecule is C[C@@H](C(=O)NCC1=CCCCC1)n1cnc2ccccc21. The van der Waals surface area contributed by atoms with E-state index in [9.17, 15) is 4.79 Å². The van der Waals surface area contributed by atoms with Crippen LogP contribution in [0.15, 0.2) is 42.2 Å². The van der Waals surface area contributed by atoms with Crippen LogP contribution >= 0.6 is 0 Å². The van der Waals surface area contributed by atoms with Crippen molar-refractivity contribution in [2.75, 3.05) is 6.54 Å². The molecule has 2 aromatic rings. The number of hydrogen-bond donors (Lipinski definition) is 1. The lowest BCUT2D eigenvalue weighted by Crippen LogP contribution is -2.32. The first-order valence-electron chi connectivity index (χ1n) is 7.63. The molecule has 0 bridgehead atoms. The molecule has 21 heavy (non-hydrogen) atoms. The number of allylic oxidation sites excluding steroid dienone is 1. The molecule has 1 aliphatic rings. The van der Waals surface area contributed by atoms with Gasteiger partial charge in [-0.2, -0.15) is 0 Å². The number of hydrogen-bond acceptors (Lipinski definition) is 2. The van der Waals surface area contributed by atoms with E-state index in [1.807, 2.05) is 35.8 Å². The molecule has 1 heterocycles. The third-order valence-corrected chi connectivity index (χ3v) is 4.15. The van der Waals surface area contributed by atoms with Crippen molar-refractivity contribution in [3.8, 4) is 0 Å². The van der Waals surface area contributed by atoms with Gasteiger partial charge in [-0.05, 0) is 44.7 Å². The Labute approximate surface area is 124 Å². The minimum Gasteiger partial charge on any atom is -0.351 e. The number of imidazole rings is 1. The number of carbonyl (C=O) groups is 1. The molecule has 110 valence electrons. The van der Waals surface area contributed by atoms with Crippen molar-refractivity contribution in [3.63, 3.8) is 0 Å². The third-order valence-electron chi connectivity index (χ3n) is 4.15. The molecule has 1 aromatic heterocycles. The summed E-state index contributed by atoms with van der Waals surface area (Å²) in [6.45, 7) is 2.59. The molecule has 0 saturated carbocycles. The van der Waals surface area contributed by atoms with E-state index in [2.05, 4.69) is 16.4 Å². The van der Waals surface area contributed by atoms with Crippen LogP contribution in [0.25, 0.3) is 11.0 Å². The molecule has 0 unspecified atom stereocenters. The predicted octanol–water partition coefficient (Wildman–Crippen LogP) is 3.21. The van der Waals surface area contributed by atoms with Gasteiger partial charge in [0.15, 0.2) is 0 Å². The Hall–Kier alpha value is -2.10. The van der Waals surface area contributed by atoms with E-state index in [-0.39, 0.29) is 11.9 Å². The maximum atomic E-state index is 12.3. The van der Waals surface area contributed by atoms with Crippen molar-refractivity contribution < 1.29 is 4.79 Å². The average Bonchev–Trinajstić information content (AvgIpc) is 2.97. The Kier molecular flexibility index (Phi) is 4.04. The van der Waals surface area contributed by atoms with Gasteiger partial charge in [-0.25, -0.2) is 4.98 Å². The maximum absolute atomic E-state index is 12.3. The minimum atomic E-state index is -0.249. The Bertz CT molecular complexity index is 671. The van der Waals surface area contributed by atoms with Gasteiger partial charge in [0.05, 0.1) is 17.4 Å². The molecule has 4 nitrogen and oxygen atoms in total. The molecular weight excluding hydrogens is 262 g/mol. The lowest BCUT2D eigenvalue weighted by atomic mass is 10.00. The van der Waals surface area contributed by atoms with Gasteiger partial charge in [-0.3, -0.25) is 4.79 Å². The van der Waals surface area contributed by atoms with Crippen molar-refractivity contribution in [1.29, 1.82) is 0 Å². The molecule has 0 spiro atoms. The first kappa shape index (κ1) is 13.9. The van der Waals surface area contributed by atoms with Gasteiger partial charge in [0.2, 0.25) is 5.91 Å². The average molecular weight is 283 g/mol. The van der Waals surface area contributed by atoms with Gasteiger partial charge < -0.3 is 9.88 Å². The van der Waals surface area contributed by atoms with Crippen LogP contribution in [-0.2, 0) is 4.79 Å². The van der Waals surface area contributed by atoms with E-state index in [0.29, 0.717) is 6.54 Å². The summed E-state index contributed by atoms with van der Waals surface area (Å²) in [5.74, 6) is 0.0460. The van der Waals surface area contributed by atoms with Crippen LogP contribution in [0, 0.1) is 0 Å². The molecule has 0 radical (unpaired) electrons. The molecule has 3 rings (SSSR count). The van der Waals surface area contributed by atoms with E-state index < -0.39 is 0 Å². The maximum Gasteiger partial charge on any atom is 0.243 e. The van der Waals surface area contributed by atoms with Gasteiger partial charge in [0.25, 0.3) is 0 Å². The van der Waals surface area contributed by atoms with Crippen LogP contribution in [0.3, 0.4) is 0 Å². The summed E-state index contributed by atoms with van der Waals surface area (Å²) in [4.78, 5) is 16.7. The first-order valence-corrected chi connectivity index (χ1v) is 7.63. The van der Waals surface area contributed by atoms with Crippen LogP contribution in [-0.4, -0.2) is 22.0 Å². The van der Waals surface area contributed by atoms with Crippen LogP contribution < -0.4 is 5.32 Å². The summed E-state index contributed by atoms with van der Waals surface area (Å²) >= 11 is 0. The number of benzene rings is 1. The summed E-state index contributed by atoms with van der Waals surface area (Å²) in [5.41, 5.74) is 3.28. The van der Waals surface area contributed by atoms with Crippen molar-refractivity contribution in [3.05, 3.63) is 42.2 Å². The topological polar surface area (TPSA) is 46.9 Å². The third kappa shape index (κ3) is 2.99. The van der Waals surface area contributed by atoms with Gasteiger partial charge in [-0.1, -0.05) is 23.8 Å². The molecule has 1 N–H and O–H groups in total. The van der Waals surface area contributed by atoms with Gasteiger partial charge in [0.1, 0.15) is 6.04 Å². The summed E-state index contributed by atoms with van der Waals surface area (Å²) in [7, 11) is 0. The molecule has 1 aromatic carbocycles. The number of para-hydroxylation sites is 2. The number of nitrogens with zero attached hydrogens (tertiary/aromatic N) is 2. The molecule has 0 aliphatic heterocycles. The Balaban J connectivity index is 1.68. The zero-order valence-electron chi connectivity index (χ0n) is 12.4. The number of rotatable bonds is 4. The highest BCUT2D eigenvalue weighted by atomic mass is 16.2. The number of carbonyl (C=O) groups excluding carboxylic acids is 1. The predicted molar refractivity (Wildman–Crippen MR) is 84.0 cm³/mol. The summed E-state index contributed by atoms with van der Waals surface area (Å²) < 4.78 is 1.93. The first-order chi connectivity index (χ1) is 10.3. The lowest BCUT2D eigenvalue weighted by Gasteiger charge is -2.17. The lowest BCUT2D eigenvalue weighted by molar-refractivity contribution is -0.123. The Morgan fingerprint density at radius 2 is 2.24 bits per heavy atom. The van der Waals surface area contributed by atoms with E-state index >= 15 is 0 Å². The molecule has 1 atom stereocenters. The zero-order chi connectivity index (χ0) is 14.7. The fourth-order valence-electron chi connectivity index (χ4n) is 2.83. The van der Waals surface area contributed by atoms with Crippen LogP contribution in [0.1, 0.15) is 38.6 Å². The zero-order valence-corrected chi connectivity index (χ0v) is 12.4. The van der Waals surface area contributed by atoms with E-state index in [4.69, 9.17) is 0 Å². The van der Waals surface area contributed by atoms with Gasteiger partial charge in [-0.15, -0.1) is 0 Å². The van der Waals surface area contributed by atoms with Crippen LogP contribution in [0.4, 0.5) is 0 Å². The number of amides is 1. The molecule has 4 heteroatoms. The largest absolute Gasteiger partial charge is 0.351 e. The quantitative estimate of drug-likeness (QED) is 0.876. The summed E-state index contributed by atoms with van der Waals surface area (Å²) in [6.07, 6.45) is 8.78. The van der Waals surface area contributed by atoms with Crippen LogP contribution in [0.2, 0.25) is 0 Å². The van der Waals surface area contributed by atoms with Gasteiger partial charge in [0, 0.05) is 6.54 Å². The van der Waals surface area contributed by atoms with Crippen molar-refractivity contribution in [2.45, 2.75) is 38.6 Å². The smallest absolute Gasteiger partial charge is 0.243 e. The highest BCUT2D eigenvalue weighted by Crippen LogP contribution is 2.19. The normalized spacial score (nSPS) is 16.5. The molecular formula is C17H21N3O. The van der Waals surface area contributed by atoms with Crippen molar-refractivity contribution in [2.24, 2.45) is 0 Å². The summed E-state index contributed by atoms with van der Waals surface area (Å²) in [5, 5.41) is 3.05. The molecule has 0 fully saturated rings. The fraction of sp³-hybridized carbons (Fsp3) is 0.412. The van der Waals surface area contributed by atoms with Crippen LogP contribution in [0.5, 0.6) is 0 Å². The Morgan fingerprint density at radius 1 is 1.38 bits per heavy atom. The second-order valence-electron chi connectivity index (χ2n) is 5.64. The number of nitrogens with one attached hydrogen (secondary N) is 1. The van der Waals surface area contributed by atoms with E-state index in [0.717, 1.165) is 23.9 Å². The van der Waals surface area contributed by atoms with Crippen molar-refractivity contribution in [1.82, 2.24) is 14.9 Å². The molecule has 1 amide bonds. The van der Waals surface area contributed by atoms with E-state index in [1.54, 1.807) is 6.33 Å². The number of aromatic nitrogens is 2. The van der Waals surface area contributed by atoms with E-state index in [1.165, 1.54) is 18.4 Å². The highest BCUT2D eigenvalue weighted by Gasteiger charge is 2.17. The standard InChI is InChI=1S/C17H21N3O/c1-13(17(21)18-11-14-7-3-2-4-8-14)20-12-19-15-9-5-6-10-16(15)20/h5-7,9-10,12-13H,2-4,8,11H2,1H3,(H,18,21)/t13-/m0/s1. The monoisotopic (exact) mass is 283 g/mol. The van der Waals surface area contributed by atoms with Gasteiger partial charge >= 0.3 is 0 Å². The second kappa shape index (κ2) is 6.12. The van der Waals surface area contributed by atoms with Crippen molar-refractivity contribution >= 4 is 16.9 Å². The number of fused-ring (bicyclic) bond motifs is 1. The Morgan fingerprint density at radius 3 is 3.05 bits per heavy atom. The summed E-state index contributed by atoms with van der Waals surface area (Å²) in [6, 6.07) is 7.64. The minimum absolute atomic E-state index is 0.0460. The fourth-order valence-corrected chi connectivity index (χ4v) is 2.83. The molecule has 1 aliphatic carbocycles.